The molecule has 6 rings (SSSR count). The Morgan fingerprint density at radius 3 is 2.53 bits per heavy atom. The predicted molar refractivity (Wildman–Crippen MR) is 110 cm³/mol. The molecule has 4 aliphatic carbocycles. The van der Waals surface area contributed by atoms with Gasteiger partial charge in [-0.2, -0.15) is 0 Å². The molecular weight excluding hydrogens is 408 g/mol. The molecule has 4 atom stereocenters. The lowest BCUT2D eigenvalue weighted by Crippen LogP contribution is -2.65. The molecule has 2 aromatic rings. The Morgan fingerprint density at radius 2 is 1.87 bits per heavy atom. The molecule has 158 valence electrons. The maximum absolute atomic E-state index is 13.5. The second-order valence-electron chi connectivity index (χ2n) is 9.32. The van der Waals surface area contributed by atoms with Gasteiger partial charge in [0.15, 0.2) is 16.8 Å². The third-order valence-corrected chi connectivity index (χ3v) is 7.68. The van der Waals surface area contributed by atoms with E-state index in [-0.39, 0.29) is 17.4 Å². The molecule has 0 saturated heterocycles. The lowest BCUT2D eigenvalue weighted by atomic mass is 9.46. The number of carbonyl (C=O) groups excluding carboxylic acids is 2. The largest absolute Gasteiger partial charge is 0.351 e. The lowest BCUT2D eigenvalue weighted by molar-refractivity contribution is -0.148. The van der Waals surface area contributed by atoms with E-state index >= 15 is 0 Å². The molecule has 5 nitrogen and oxygen atoms in total. The van der Waals surface area contributed by atoms with E-state index in [0.29, 0.717) is 34.6 Å². The monoisotopic (exact) mass is 431 g/mol. The van der Waals surface area contributed by atoms with E-state index in [1.807, 2.05) is 0 Å². The fraction of sp³-hybridized carbons (Fsp3) is 0.500. The van der Waals surface area contributed by atoms with E-state index in [9.17, 15) is 18.4 Å². The third-order valence-electron chi connectivity index (χ3n) is 6.92. The molecule has 4 fully saturated rings. The summed E-state index contributed by atoms with van der Waals surface area (Å²) in [6.07, 6.45) is 5.40. The average molecular weight is 432 g/mol. The van der Waals surface area contributed by atoms with Crippen molar-refractivity contribution >= 4 is 28.3 Å². The molecule has 2 unspecified atom stereocenters. The van der Waals surface area contributed by atoms with Crippen LogP contribution in [0.4, 0.5) is 13.9 Å². The van der Waals surface area contributed by atoms with Crippen LogP contribution in [0.15, 0.2) is 23.6 Å². The lowest BCUT2D eigenvalue weighted by Gasteiger charge is -2.61. The number of thiazole rings is 1. The highest BCUT2D eigenvalue weighted by atomic mass is 32.1. The van der Waals surface area contributed by atoms with Crippen molar-refractivity contribution in [2.75, 3.05) is 5.32 Å². The minimum absolute atomic E-state index is 0.0383. The van der Waals surface area contributed by atoms with Crippen LogP contribution in [-0.4, -0.2) is 22.3 Å². The molecule has 4 aliphatic rings. The number of nitrogens with zero attached hydrogens (tertiary/aromatic N) is 1. The van der Waals surface area contributed by atoms with Crippen LogP contribution in [0.2, 0.25) is 0 Å². The Labute approximate surface area is 177 Å². The summed E-state index contributed by atoms with van der Waals surface area (Å²) in [5.74, 6) is -1.00. The fourth-order valence-corrected chi connectivity index (χ4v) is 7.11. The number of hydrogen-bond donors (Lipinski definition) is 2. The van der Waals surface area contributed by atoms with Gasteiger partial charge in [-0.15, -0.1) is 11.3 Å². The summed E-state index contributed by atoms with van der Waals surface area (Å²) in [7, 11) is 0. The Bertz CT molecular complexity index is 1020. The standard InChI is InChI=1S/C22H23F2N3O2S/c1-12(28)27-22-8-13-4-14(9-22)7-21(6-13,11-22)19(29)26-20-25-18(10-30-20)15-2-3-16(23)17(24)5-15/h2-3,5,10,13-14H,4,6-9,11H2,1H3,(H,27,28)(H,25,26,29)/t13-,14+,21?,22?. The Hall–Kier alpha value is -2.35. The zero-order chi connectivity index (χ0) is 21.1. The zero-order valence-electron chi connectivity index (χ0n) is 16.6. The molecule has 2 N–H and O–H groups in total. The summed E-state index contributed by atoms with van der Waals surface area (Å²) in [4.78, 5) is 29.6. The molecule has 2 amide bonds. The van der Waals surface area contributed by atoms with Crippen molar-refractivity contribution in [2.45, 2.75) is 51.0 Å². The topological polar surface area (TPSA) is 71.1 Å². The van der Waals surface area contributed by atoms with Gasteiger partial charge in [-0.05, 0) is 68.6 Å². The second kappa shape index (κ2) is 6.83. The van der Waals surface area contributed by atoms with Crippen molar-refractivity contribution in [3.05, 3.63) is 35.2 Å². The van der Waals surface area contributed by atoms with Gasteiger partial charge >= 0.3 is 0 Å². The van der Waals surface area contributed by atoms with Crippen LogP contribution in [0.3, 0.4) is 0 Å². The highest BCUT2D eigenvalue weighted by molar-refractivity contribution is 7.14. The number of anilines is 1. The minimum Gasteiger partial charge on any atom is -0.351 e. The van der Waals surface area contributed by atoms with Crippen molar-refractivity contribution in [2.24, 2.45) is 17.3 Å². The van der Waals surface area contributed by atoms with Crippen molar-refractivity contribution < 1.29 is 18.4 Å². The Morgan fingerprint density at radius 1 is 1.13 bits per heavy atom. The molecule has 1 heterocycles. The van der Waals surface area contributed by atoms with Crippen LogP contribution in [0.1, 0.15) is 45.4 Å². The second-order valence-corrected chi connectivity index (χ2v) is 10.2. The van der Waals surface area contributed by atoms with Crippen LogP contribution < -0.4 is 10.6 Å². The summed E-state index contributed by atoms with van der Waals surface area (Å²) in [5, 5.41) is 8.31. The number of aromatic nitrogens is 1. The third kappa shape index (κ3) is 3.31. The molecule has 0 aliphatic heterocycles. The fourth-order valence-electron chi connectivity index (χ4n) is 6.40. The van der Waals surface area contributed by atoms with Gasteiger partial charge in [0.2, 0.25) is 11.8 Å². The molecule has 1 aromatic heterocycles. The molecular formula is C22H23F2N3O2S. The summed E-state index contributed by atoms with van der Waals surface area (Å²) in [5.41, 5.74) is 0.201. The maximum Gasteiger partial charge on any atom is 0.232 e. The zero-order valence-corrected chi connectivity index (χ0v) is 17.5. The Kier molecular flexibility index (Phi) is 4.47. The molecule has 30 heavy (non-hydrogen) atoms. The summed E-state index contributed by atoms with van der Waals surface area (Å²) >= 11 is 1.27. The molecule has 4 bridgehead atoms. The molecule has 4 saturated carbocycles. The number of hydrogen-bond acceptors (Lipinski definition) is 4. The quantitative estimate of drug-likeness (QED) is 0.749. The van der Waals surface area contributed by atoms with Crippen molar-refractivity contribution in [3.8, 4) is 11.3 Å². The van der Waals surface area contributed by atoms with E-state index in [1.54, 1.807) is 12.3 Å². The maximum atomic E-state index is 13.5. The molecule has 1 aromatic carbocycles. The van der Waals surface area contributed by atoms with Crippen LogP contribution in [0.25, 0.3) is 11.3 Å². The van der Waals surface area contributed by atoms with Gasteiger partial charge in [0.05, 0.1) is 11.1 Å². The summed E-state index contributed by atoms with van der Waals surface area (Å²) in [6.45, 7) is 1.54. The van der Waals surface area contributed by atoms with Crippen LogP contribution in [0.5, 0.6) is 0 Å². The van der Waals surface area contributed by atoms with Gasteiger partial charge in [-0.3, -0.25) is 9.59 Å². The first kappa shape index (κ1) is 19.6. The van der Waals surface area contributed by atoms with E-state index in [4.69, 9.17) is 0 Å². The first-order chi connectivity index (χ1) is 14.3. The highest BCUT2D eigenvalue weighted by Gasteiger charge is 2.60. The van der Waals surface area contributed by atoms with Gasteiger partial charge < -0.3 is 10.6 Å². The van der Waals surface area contributed by atoms with Gasteiger partial charge in [-0.25, -0.2) is 13.8 Å². The van der Waals surface area contributed by atoms with Crippen molar-refractivity contribution in [3.63, 3.8) is 0 Å². The van der Waals surface area contributed by atoms with Crippen molar-refractivity contribution in [1.82, 2.24) is 10.3 Å². The van der Waals surface area contributed by atoms with Gasteiger partial charge in [-0.1, -0.05) is 0 Å². The van der Waals surface area contributed by atoms with E-state index in [2.05, 4.69) is 15.6 Å². The van der Waals surface area contributed by atoms with Crippen LogP contribution >= 0.6 is 11.3 Å². The highest BCUT2D eigenvalue weighted by Crippen LogP contribution is 2.62. The van der Waals surface area contributed by atoms with Gasteiger partial charge in [0.1, 0.15) is 0 Å². The smallest absolute Gasteiger partial charge is 0.232 e. The number of nitrogens with one attached hydrogen (secondary N) is 2. The number of halogens is 2. The van der Waals surface area contributed by atoms with Gasteiger partial charge in [0.25, 0.3) is 0 Å². The molecule has 0 spiro atoms. The van der Waals surface area contributed by atoms with Crippen molar-refractivity contribution in [1.29, 1.82) is 0 Å². The Balaban J connectivity index is 1.36. The first-order valence-electron chi connectivity index (χ1n) is 10.3. The summed E-state index contributed by atoms with van der Waals surface area (Å²) in [6, 6.07) is 3.64. The first-order valence-corrected chi connectivity index (χ1v) is 11.2. The average Bonchev–Trinajstić information content (AvgIpc) is 3.10. The van der Waals surface area contributed by atoms with E-state index in [0.717, 1.165) is 44.2 Å². The van der Waals surface area contributed by atoms with Crippen LogP contribution in [-0.2, 0) is 9.59 Å². The predicted octanol–water partition coefficient (Wildman–Crippen LogP) is 4.50. The van der Waals surface area contributed by atoms with Crippen LogP contribution in [0, 0.1) is 28.9 Å². The molecule has 0 radical (unpaired) electrons. The number of rotatable bonds is 4. The van der Waals surface area contributed by atoms with Gasteiger partial charge in [0, 0.05) is 23.4 Å². The minimum atomic E-state index is -0.928. The number of carbonyl (C=O) groups is 2. The van der Waals surface area contributed by atoms with E-state index in [1.165, 1.54) is 17.4 Å². The molecule has 8 heteroatoms. The number of amides is 2. The normalized spacial score (nSPS) is 31.6. The SMILES string of the molecule is CC(=O)NC12C[C@H]3C[C@@H](C1)CC(C(=O)Nc1nc(-c4ccc(F)c(F)c4)cs1)(C3)C2. The summed E-state index contributed by atoms with van der Waals surface area (Å²) < 4.78 is 26.7. The van der Waals surface area contributed by atoms with E-state index < -0.39 is 17.0 Å². The number of benzene rings is 1.